The summed E-state index contributed by atoms with van der Waals surface area (Å²) in [7, 11) is -3.84. The Morgan fingerprint density at radius 3 is 2.50 bits per heavy atom. The first-order valence-electron chi connectivity index (χ1n) is 10.9. The molecule has 32 heavy (non-hydrogen) atoms. The highest BCUT2D eigenvalue weighted by molar-refractivity contribution is 7.98. The summed E-state index contributed by atoms with van der Waals surface area (Å²) in [6.07, 6.45) is 4.00. The lowest BCUT2D eigenvalue weighted by Gasteiger charge is -2.41. The molecule has 2 aromatic carbocycles. The monoisotopic (exact) mass is 476 g/mol. The van der Waals surface area contributed by atoms with Crippen LogP contribution in [-0.4, -0.2) is 26.2 Å². The minimum Gasteiger partial charge on any atom is -0.487 e. The highest BCUT2D eigenvalue weighted by atomic mass is 32.2. The van der Waals surface area contributed by atoms with Crippen molar-refractivity contribution in [1.29, 1.82) is 0 Å². The van der Waals surface area contributed by atoms with E-state index in [1.807, 2.05) is 30.5 Å². The fourth-order valence-corrected chi connectivity index (χ4v) is 5.67. The van der Waals surface area contributed by atoms with E-state index in [9.17, 15) is 13.2 Å². The number of para-hydroxylation sites is 1. The Labute approximate surface area is 195 Å². The normalized spacial score (nSPS) is 17.5. The van der Waals surface area contributed by atoms with Crippen molar-refractivity contribution in [3.05, 3.63) is 48.0 Å². The highest BCUT2D eigenvalue weighted by Gasteiger charge is 2.40. The standard InChI is InChI=1S/C24H32N2O4S2/c1-6-24(7-2)15-20(18-10-8-9-11-21(18)30-24)26-32(28,29)17-12-13-22(31-5)19(14-17)25-23(27)16(3)4/h8-14,16,20,26H,6-7,15H2,1-5H3,(H,25,27)/t20-/m1/s1. The molecule has 1 atom stereocenters. The fourth-order valence-electron chi connectivity index (χ4n) is 3.89. The number of carbonyl (C=O) groups excluding carboxylic acids is 1. The van der Waals surface area contributed by atoms with Crippen LogP contribution in [0, 0.1) is 5.92 Å². The smallest absolute Gasteiger partial charge is 0.241 e. The van der Waals surface area contributed by atoms with Crippen LogP contribution in [0.3, 0.4) is 0 Å². The molecule has 0 fully saturated rings. The van der Waals surface area contributed by atoms with E-state index in [2.05, 4.69) is 23.9 Å². The summed E-state index contributed by atoms with van der Waals surface area (Å²) in [5.74, 6) is 0.354. The summed E-state index contributed by atoms with van der Waals surface area (Å²) in [4.78, 5) is 13.2. The quantitative estimate of drug-likeness (QED) is 0.501. The van der Waals surface area contributed by atoms with Gasteiger partial charge in [0.05, 0.1) is 16.6 Å². The van der Waals surface area contributed by atoms with E-state index >= 15 is 0 Å². The van der Waals surface area contributed by atoms with Gasteiger partial charge in [0.2, 0.25) is 15.9 Å². The third-order valence-electron chi connectivity index (χ3n) is 6.05. The first kappa shape index (κ1) is 24.6. The van der Waals surface area contributed by atoms with Crippen LogP contribution in [0.2, 0.25) is 0 Å². The maximum absolute atomic E-state index is 13.4. The second kappa shape index (κ2) is 9.85. The molecule has 0 saturated carbocycles. The van der Waals surface area contributed by atoms with Crippen molar-refractivity contribution in [3.63, 3.8) is 0 Å². The van der Waals surface area contributed by atoms with Crippen molar-refractivity contribution in [2.45, 2.75) is 68.4 Å². The number of nitrogens with one attached hydrogen (secondary N) is 2. The topological polar surface area (TPSA) is 84.5 Å². The zero-order chi connectivity index (χ0) is 23.5. The average molecular weight is 477 g/mol. The Morgan fingerprint density at radius 2 is 1.88 bits per heavy atom. The van der Waals surface area contributed by atoms with Crippen molar-refractivity contribution in [1.82, 2.24) is 4.72 Å². The predicted molar refractivity (Wildman–Crippen MR) is 130 cm³/mol. The zero-order valence-corrected chi connectivity index (χ0v) is 20.9. The number of fused-ring (bicyclic) bond motifs is 1. The number of hydrogen-bond acceptors (Lipinski definition) is 5. The predicted octanol–water partition coefficient (Wildman–Crippen LogP) is 5.36. The van der Waals surface area contributed by atoms with Gasteiger partial charge in [-0.15, -0.1) is 11.8 Å². The molecular weight excluding hydrogens is 444 g/mol. The average Bonchev–Trinajstić information content (AvgIpc) is 2.78. The lowest BCUT2D eigenvalue weighted by atomic mass is 9.84. The summed E-state index contributed by atoms with van der Waals surface area (Å²) >= 11 is 1.45. The number of thioether (sulfide) groups is 1. The van der Waals surface area contributed by atoms with Crippen LogP contribution >= 0.6 is 11.8 Å². The molecule has 0 aliphatic carbocycles. The third kappa shape index (κ3) is 5.13. The second-order valence-corrected chi connectivity index (χ2v) is 11.0. The van der Waals surface area contributed by atoms with Crippen LogP contribution in [0.4, 0.5) is 5.69 Å². The molecular formula is C24H32N2O4S2. The molecule has 2 aromatic rings. The van der Waals surface area contributed by atoms with E-state index in [4.69, 9.17) is 4.74 Å². The Bertz CT molecular complexity index is 1080. The molecule has 174 valence electrons. The molecule has 1 aliphatic heterocycles. The van der Waals surface area contributed by atoms with Gasteiger partial charge in [-0.2, -0.15) is 0 Å². The molecule has 0 spiro atoms. The van der Waals surface area contributed by atoms with Crippen molar-refractivity contribution in [2.24, 2.45) is 5.92 Å². The van der Waals surface area contributed by atoms with Crippen molar-refractivity contribution < 1.29 is 17.9 Å². The van der Waals surface area contributed by atoms with Crippen molar-refractivity contribution in [2.75, 3.05) is 11.6 Å². The Balaban J connectivity index is 1.96. The summed E-state index contributed by atoms with van der Waals surface area (Å²) in [5.41, 5.74) is 0.922. The molecule has 0 aromatic heterocycles. The molecule has 0 radical (unpaired) electrons. The number of ether oxygens (including phenoxy) is 1. The van der Waals surface area contributed by atoms with E-state index in [-0.39, 0.29) is 16.7 Å². The van der Waals surface area contributed by atoms with Gasteiger partial charge in [0.25, 0.3) is 0 Å². The number of sulfonamides is 1. The first-order chi connectivity index (χ1) is 15.1. The van der Waals surface area contributed by atoms with Gasteiger partial charge < -0.3 is 10.1 Å². The summed E-state index contributed by atoms with van der Waals surface area (Å²) in [5, 5.41) is 2.85. The SMILES string of the molecule is CCC1(CC)C[C@@H](NS(=O)(=O)c2ccc(SC)c(NC(=O)C(C)C)c2)c2ccccc2O1. The molecule has 1 amide bonds. The maximum atomic E-state index is 13.4. The van der Waals surface area contributed by atoms with Gasteiger partial charge in [-0.05, 0) is 43.4 Å². The van der Waals surface area contributed by atoms with E-state index in [1.165, 1.54) is 17.8 Å². The molecule has 0 bridgehead atoms. The highest BCUT2D eigenvalue weighted by Crippen LogP contribution is 2.43. The maximum Gasteiger partial charge on any atom is 0.241 e. The lowest BCUT2D eigenvalue weighted by Crippen LogP contribution is -2.44. The van der Waals surface area contributed by atoms with E-state index in [1.54, 1.807) is 26.0 Å². The van der Waals surface area contributed by atoms with Crippen LogP contribution in [0.25, 0.3) is 0 Å². The van der Waals surface area contributed by atoms with E-state index in [0.29, 0.717) is 12.1 Å². The van der Waals surface area contributed by atoms with Crippen LogP contribution in [0.1, 0.15) is 58.6 Å². The van der Waals surface area contributed by atoms with Crippen molar-refractivity contribution >= 4 is 33.4 Å². The second-order valence-electron chi connectivity index (χ2n) is 8.41. The zero-order valence-electron chi connectivity index (χ0n) is 19.3. The van der Waals surface area contributed by atoms with Gasteiger partial charge in [0.15, 0.2) is 0 Å². The van der Waals surface area contributed by atoms with Gasteiger partial charge in [0.1, 0.15) is 11.4 Å². The van der Waals surface area contributed by atoms with Gasteiger partial charge in [-0.25, -0.2) is 13.1 Å². The number of hydrogen-bond donors (Lipinski definition) is 2. The third-order valence-corrected chi connectivity index (χ3v) is 8.31. The number of benzene rings is 2. The molecule has 1 heterocycles. The fraction of sp³-hybridized carbons (Fsp3) is 0.458. The Morgan fingerprint density at radius 1 is 1.19 bits per heavy atom. The Hall–Kier alpha value is -2.03. The Kier molecular flexibility index (Phi) is 7.57. The summed E-state index contributed by atoms with van der Waals surface area (Å²) in [6, 6.07) is 12.0. The number of carbonyl (C=O) groups is 1. The molecule has 1 aliphatic rings. The summed E-state index contributed by atoms with van der Waals surface area (Å²) in [6.45, 7) is 7.72. The van der Waals surface area contributed by atoms with Crippen LogP contribution in [-0.2, 0) is 14.8 Å². The molecule has 0 saturated heterocycles. The largest absolute Gasteiger partial charge is 0.487 e. The minimum atomic E-state index is -3.84. The number of amides is 1. The van der Waals surface area contributed by atoms with E-state index in [0.717, 1.165) is 29.1 Å². The molecule has 6 nitrogen and oxygen atoms in total. The van der Waals surface area contributed by atoms with Gasteiger partial charge in [-0.3, -0.25) is 4.79 Å². The van der Waals surface area contributed by atoms with Gasteiger partial charge in [0, 0.05) is 22.8 Å². The van der Waals surface area contributed by atoms with Gasteiger partial charge in [-0.1, -0.05) is 45.9 Å². The first-order valence-corrected chi connectivity index (χ1v) is 13.6. The van der Waals surface area contributed by atoms with Gasteiger partial charge >= 0.3 is 0 Å². The summed E-state index contributed by atoms with van der Waals surface area (Å²) < 4.78 is 36.0. The van der Waals surface area contributed by atoms with Crippen LogP contribution in [0.15, 0.2) is 52.3 Å². The number of rotatable bonds is 8. The number of anilines is 1. The molecule has 0 unspecified atom stereocenters. The molecule has 8 heteroatoms. The van der Waals surface area contributed by atoms with E-state index < -0.39 is 21.7 Å². The van der Waals surface area contributed by atoms with Crippen molar-refractivity contribution in [3.8, 4) is 5.75 Å². The van der Waals surface area contributed by atoms with Crippen LogP contribution in [0.5, 0.6) is 5.75 Å². The minimum absolute atomic E-state index is 0.122. The lowest BCUT2D eigenvalue weighted by molar-refractivity contribution is -0.118. The molecule has 3 rings (SSSR count). The van der Waals surface area contributed by atoms with Crippen LogP contribution < -0.4 is 14.8 Å². The molecule has 2 N–H and O–H groups in total.